The van der Waals surface area contributed by atoms with Crippen molar-refractivity contribution >= 4 is 30.1 Å². The summed E-state index contributed by atoms with van der Waals surface area (Å²) in [5.41, 5.74) is 5.54. The minimum Gasteiger partial charge on any atom is -0.351 e. The fraction of sp³-hybridized carbons (Fsp3) is 0.889. The number of carbonyl (C=O) groups excluding carboxylic acids is 1. The monoisotopic (exact) mass is 240 g/mol. The number of halogens is 1. The molecule has 3 N–H and O–H groups in total. The van der Waals surface area contributed by atoms with E-state index in [4.69, 9.17) is 5.73 Å². The van der Waals surface area contributed by atoms with Gasteiger partial charge in [0.2, 0.25) is 5.91 Å². The fourth-order valence-corrected chi connectivity index (χ4v) is 1.53. The van der Waals surface area contributed by atoms with Crippen LogP contribution in [0.1, 0.15) is 20.3 Å². The molecule has 0 spiro atoms. The maximum Gasteiger partial charge on any atom is 0.230 e. The molecular weight excluding hydrogens is 220 g/mol. The largest absolute Gasteiger partial charge is 0.351 e. The van der Waals surface area contributed by atoms with Crippen LogP contribution in [0.25, 0.3) is 0 Å². The zero-order valence-corrected chi connectivity index (χ0v) is 10.7. The summed E-state index contributed by atoms with van der Waals surface area (Å²) in [5, 5.41) is 2.91. The molecule has 0 aliphatic heterocycles. The van der Waals surface area contributed by atoms with E-state index in [0.29, 0.717) is 18.2 Å². The number of hydrogen-bond donors (Lipinski definition) is 2. The van der Waals surface area contributed by atoms with E-state index in [1.807, 2.05) is 6.26 Å². The van der Waals surface area contributed by atoms with Crippen molar-refractivity contribution in [1.29, 1.82) is 0 Å². The Morgan fingerprint density at radius 2 is 2.07 bits per heavy atom. The summed E-state index contributed by atoms with van der Waals surface area (Å²) in [7, 11) is 0. The van der Waals surface area contributed by atoms with E-state index in [1.54, 1.807) is 0 Å². The summed E-state index contributed by atoms with van der Waals surface area (Å²) < 4.78 is 0. The Bertz CT molecular complexity index is 156. The molecule has 0 aromatic rings. The van der Waals surface area contributed by atoms with E-state index in [-0.39, 0.29) is 24.4 Å². The van der Waals surface area contributed by atoms with E-state index in [1.165, 1.54) is 11.8 Å². The number of amides is 1. The van der Waals surface area contributed by atoms with E-state index >= 15 is 0 Å². The smallest absolute Gasteiger partial charge is 0.230 e. The molecule has 0 aliphatic carbocycles. The highest BCUT2D eigenvalue weighted by Gasteiger charge is 2.11. The van der Waals surface area contributed by atoms with E-state index in [9.17, 15) is 4.79 Å². The van der Waals surface area contributed by atoms with Crippen LogP contribution in [0.4, 0.5) is 0 Å². The van der Waals surface area contributed by atoms with E-state index < -0.39 is 0 Å². The Morgan fingerprint density at radius 1 is 1.50 bits per heavy atom. The molecule has 0 saturated carbocycles. The highest BCUT2D eigenvalue weighted by Crippen LogP contribution is 2.03. The molecule has 0 heterocycles. The van der Waals surface area contributed by atoms with E-state index in [0.717, 1.165) is 6.42 Å². The Labute approximate surface area is 97.0 Å². The van der Waals surface area contributed by atoms with Gasteiger partial charge in [0.1, 0.15) is 0 Å². The first-order valence-corrected chi connectivity index (χ1v) is 5.97. The van der Waals surface area contributed by atoms with Crippen LogP contribution in [0.2, 0.25) is 0 Å². The average Bonchev–Trinajstić information content (AvgIpc) is 2.02. The first-order valence-electron chi connectivity index (χ1n) is 4.58. The van der Waals surface area contributed by atoms with Gasteiger partial charge in [0, 0.05) is 12.6 Å². The van der Waals surface area contributed by atoms with Crippen LogP contribution in [-0.2, 0) is 4.79 Å². The molecule has 0 aromatic heterocycles. The lowest BCUT2D eigenvalue weighted by Crippen LogP contribution is -2.41. The van der Waals surface area contributed by atoms with Crippen LogP contribution in [0, 0.1) is 5.92 Å². The predicted molar refractivity (Wildman–Crippen MR) is 66.1 cm³/mol. The molecule has 3 nitrogen and oxygen atoms in total. The second-order valence-corrected chi connectivity index (χ2v) is 4.43. The second-order valence-electron chi connectivity index (χ2n) is 3.56. The van der Waals surface area contributed by atoms with Gasteiger partial charge in [-0.2, -0.15) is 11.8 Å². The highest BCUT2D eigenvalue weighted by molar-refractivity contribution is 7.99. The average molecular weight is 241 g/mol. The van der Waals surface area contributed by atoms with Crippen molar-refractivity contribution in [3.05, 3.63) is 0 Å². The van der Waals surface area contributed by atoms with Crippen molar-refractivity contribution in [2.24, 2.45) is 11.7 Å². The second kappa shape index (κ2) is 9.62. The molecule has 14 heavy (non-hydrogen) atoms. The van der Waals surface area contributed by atoms with Crippen LogP contribution in [0.5, 0.6) is 0 Å². The van der Waals surface area contributed by atoms with Gasteiger partial charge in [0.05, 0.1) is 5.75 Å². The van der Waals surface area contributed by atoms with Crippen LogP contribution in [0.15, 0.2) is 0 Å². The zero-order valence-electron chi connectivity index (χ0n) is 9.08. The molecule has 5 heteroatoms. The summed E-state index contributed by atoms with van der Waals surface area (Å²) >= 11 is 1.53. The number of rotatable bonds is 6. The van der Waals surface area contributed by atoms with Gasteiger partial charge in [0.15, 0.2) is 0 Å². The summed E-state index contributed by atoms with van der Waals surface area (Å²) in [5.74, 6) is 1.18. The van der Waals surface area contributed by atoms with Gasteiger partial charge in [-0.3, -0.25) is 4.79 Å². The van der Waals surface area contributed by atoms with Crippen molar-refractivity contribution in [2.75, 3.05) is 18.6 Å². The molecule has 0 rings (SSSR count). The zero-order chi connectivity index (χ0) is 10.3. The predicted octanol–water partition coefficient (Wildman–Crippen LogP) is 1.26. The lowest BCUT2D eigenvalue weighted by Gasteiger charge is -2.18. The number of nitrogens with one attached hydrogen (secondary N) is 1. The van der Waals surface area contributed by atoms with Gasteiger partial charge in [0.25, 0.3) is 0 Å². The molecule has 0 radical (unpaired) electrons. The number of nitrogens with two attached hydrogens (primary N) is 1. The van der Waals surface area contributed by atoms with Crippen molar-refractivity contribution in [1.82, 2.24) is 5.32 Å². The minimum absolute atomic E-state index is 0. The molecule has 0 aromatic carbocycles. The third-order valence-corrected chi connectivity index (χ3v) is 2.23. The maximum absolute atomic E-state index is 11.2. The first-order chi connectivity index (χ1) is 6.10. The first kappa shape index (κ1) is 16.5. The van der Waals surface area contributed by atoms with Gasteiger partial charge in [-0.05, 0) is 18.6 Å². The normalized spacial score (nSPS) is 12.1. The SMILES string of the molecule is CSCC(=O)NC(CN)CC(C)C.Cl. The lowest BCUT2D eigenvalue weighted by molar-refractivity contribution is -0.119. The third kappa shape index (κ3) is 8.66. The molecule has 0 bridgehead atoms. The molecule has 0 saturated heterocycles. The molecule has 1 atom stereocenters. The van der Waals surface area contributed by atoms with Crippen molar-refractivity contribution in [3.63, 3.8) is 0 Å². The molecular formula is C9H21ClN2OS. The number of hydrogen-bond acceptors (Lipinski definition) is 3. The highest BCUT2D eigenvalue weighted by atomic mass is 35.5. The Kier molecular flexibility index (Phi) is 11.3. The summed E-state index contributed by atoms with van der Waals surface area (Å²) in [6, 6.07) is 0.139. The van der Waals surface area contributed by atoms with Gasteiger partial charge in [-0.25, -0.2) is 0 Å². The van der Waals surface area contributed by atoms with Gasteiger partial charge in [-0.15, -0.1) is 12.4 Å². The Hall–Kier alpha value is 0.0700. The van der Waals surface area contributed by atoms with Crippen LogP contribution in [0.3, 0.4) is 0 Å². The summed E-state index contributed by atoms with van der Waals surface area (Å²) in [6.07, 6.45) is 2.87. The quantitative estimate of drug-likeness (QED) is 0.735. The minimum atomic E-state index is 0. The van der Waals surface area contributed by atoms with E-state index in [2.05, 4.69) is 19.2 Å². The van der Waals surface area contributed by atoms with Crippen LogP contribution in [-0.4, -0.2) is 30.5 Å². The van der Waals surface area contributed by atoms with Crippen LogP contribution < -0.4 is 11.1 Å². The Balaban J connectivity index is 0. The molecule has 0 aliphatic rings. The van der Waals surface area contributed by atoms with Crippen molar-refractivity contribution in [3.8, 4) is 0 Å². The number of thioether (sulfide) groups is 1. The van der Waals surface area contributed by atoms with Gasteiger partial charge < -0.3 is 11.1 Å². The van der Waals surface area contributed by atoms with Gasteiger partial charge >= 0.3 is 0 Å². The molecule has 1 amide bonds. The molecule has 1 unspecified atom stereocenters. The van der Waals surface area contributed by atoms with Crippen molar-refractivity contribution in [2.45, 2.75) is 26.3 Å². The third-order valence-electron chi connectivity index (χ3n) is 1.68. The lowest BCUT2D eigenvalue weighted by atomic mass is 10.0. The summed E-state index contributed by atoms with van der Waals surface area (Å²) in [4.78, 5) is 11.2. The topological polar surface area (TPSA) is 55.1 Å². The molecule has 86 valence electrons. The fourth-order valence-electron chi connectivity index (χ4n) is 1.18. The number of carbonyl (C=O) groups is 1. The van der Waals surface area contributed by atoms with Crippen LogP contribution >= 0.6 is 24.2 Å². The standard InChI is InChI=1S/C9H20N2OS.ClH/c1-7(2)4-8(5-10)11-9(12)6-13-3;/h7-8H,4-6,10H2,1-3H3,(H,11,12);1H. The molecule has 0 fully saturated rings. The Morgan fingerprint density at radius 3 is 2.43 bits per heavy atom. The van der Waals surface area contributed by atoms with Crippen molar-refractivity contribution < 1.29 is 4.79 Å². The summed E-state index contributed by atoms with van der Waals surface area (Å²) in [6.45, 7) is 4.78. The maximum atomic E-state index is 11.2. The van der Waals surface area contributed by atoms with Gasteiger partial charge in [-0.1, -0.05) is 13.8 Å².